The number of aliphatic hydroxyl groups excluding tert-OH is 1. The van der Waals surface area contributed by atoms with Gasteiger partial charge in [0.2, 0.25) is 0 Å². The molecule has 5 heteroatoms. The fourth-order valence-corrected chi connectivity index (χ4v) is 6.81. The standard InChI is InChI=1S/C27H25FN2OS/c1-27-14-17-15-29-30(20-11-9-19(28)10-12-20)24(17)13-18(27)5-4-7-23(27)26(31)22-16-32-25-8-3-2-6-21(22)25/h2-3,6,8-13,15-16,23,26,31H,4-5,7,14H2,1H3/t23?,26-,27-/m0/s1. The summed E-state index contributed by atoms with van der Waals surface area (Å²) in [5.74, 6) is -0.0893. The molecule has 1 unspecified atom stereocenters. The molecule has 0 amide bonds. The van der Waals surface area contributed by atoms with E-state index in [2.05, 4.69) is 47.7 Å². The number of nitrogens with zero attached hydrogens (tertiary/aromatic N) is 2. The molecular formula is C27H25FN2OS. The Kier molecular flexibility index (Phi) is 4.60. The van der Waals surface area contributed by atoms with Crippen LogP contribution in [0.3, 0.4) is 0 Å². The third kappa shape index (κ3) is 2.99. The van der Waals surface area contributed by atoms with Crippen LogP contribution in [0.25, 0.3) is 21.8 Å². The van der Waals surface area contributed by atoms with Crippen LogP contribution in [0.4, 0.5) is 4.39 Å². The fraction of sp³-hybridized carbons (Fsp3) is 0.296. The zero-order valence-electron chi connectivity index (χ0n) is 18.0. The third-order valence-electron chi connectivity index (χ3n) is 7.55. The van der Waals surface area contributed by atoms with Gasteiger partial charge in [-0.2, -0.15) is 5.10 Å². The number of fused-ring (bicyclic) bond motifs is 3. The first kappa shape index (κ1) is 19.9. The average molecular weight is 445 g/mol. The van der Waals surface area contributed by atoms with Crippen LogP contribution < -0.4 is 0 Å². The van der Waals surface area contributed by atoms with Gasteiger partial charge in [0.15, 0.2) is 0 Å². The van der Waals surface area contributed by atoms with E-state index in [1.807, 2.05) is 10.9 Å². The molecule has 0 bridgehead atoms. The van der Waals surface area contributed by atoms with Gasteiger partial charge in [-0.15, -0.1) is 11.3 Å². The topological polar surface area (TPSA) is 38.0 Å². The lowest BCUT2D eigenvalue weighted by Gasteiger charge is -2.47. The Bertz CT molecular complexity index is 1340. The Hall–Kier alpha value is -2.76. The number of allylic oxidation sites excluding steroid dienone is 1. The van der Waals surface area contributed by atoms with Crippen molar-refractivity contribution in [2.75, 3.05) is 0 Å². The molecule has 0 radical (unpaired) electrons. The molecule has 2 heterocycles. The van der Waals surface area contributed by atoms with Crippen molar-refractivity contribution in [1.82, 2.24) is 9.78 Å². The SMILES string of the molecule is C[C@]12Cc3cnn(-c4ccc(F)cc4)c3C=C1CCCC2[C@@H](O)c1csc2ccccc12. The summed E-state index contributed by atoms with van der Waals surface area (Å²) < 4.78 is 16.5. The van der Waals surface area contributed by atoms with Gasteiger partial charge in [-0.3, -0.25) is 0 Å². The number of hydrogen-bond acceptors (Lipinski definition) is 3. The van der Waals surface area contributed by atoms with Gasteiger partial charge in [-0.1, -0.05) is 30.7 Å². The summed E-state index contributed by atoms with van der Waals surface area (Å²) in [4.78, 5) is 0. The van der Waals surface area contributed by atoms with E-state index < -0.39 is 6.10 Å². The van der Waals surface area contributed by atoms with Gasteiger partial charge in [0, 0.05) is 4.70 Å². The normalized spacial score (nSPS) is 23.5. The molecule has 162 valence electrons. The van der Waals surface area contributed by atoms with Crippen molar-refractivity contribution in [3.05, 3.63) is 88.3 Å². The molecule has 2 aliphatic carbocycles. The molecule has 0 saturated heterocycles. The van der Waals surface area contributed by atoms with Crippen molar-refractivity contribution in [2.45, 2.75) is 38.7 Å². The van der Waals surface area contributed by atoms with Crippen LogP contribution in [-0.4, -0.2) is 14.9 Å². The summed E-state index contributed by atoms with van der Waals surface area (Å²) in [5.41, 5.74) is 5.49. The predicted molar refractivity (Wildman–Crippen MR) is 127 cm³/mol. The van der Waals surface area contributed by atoms with Crippen molar-refractivity contribution in [3.63, 3.8) is 0 Å². The van der Waals surface area contributed by atoms with Gasteiger partial charge in [0.1, 0.15) is 5.82 Å². The smallest absolute Gasteiger partial charge is 0.123 e. The van der Waals surface area contributed by atoms with E-state index >= 15 is 0 Å². The third-order valence-corrected chi connectivity index (χ3v) is 8.53. The second kappa shape index (κ2) is 7.39. The molecule has 6 rings (SSSR count). The average Bonchev–Trinajstić information content (AvgIpc) is 3.41. The monoisotopic (exact) mass is 444 g/mol. The summed E-state index contributed by atoms with van der Waals surface area (Å²) in [7, 11) is 0. The summed E-state index contributed by atoms with van der Waals surface area (Å²) in [6, 6.07) is 14.8. The highest BCUT2D eigenvalue weighted by atomic mass is 32.1. The van der Waals surface area contributed by atoms with Crippen LogP contribution in [0.5, 0.6) is 0 Å². The van der Waals surface area contributed by atoms with Crippen LogP contribution in [-0.2, 0) is 6.42 Å². The Morgan fingerprint density at radius 2 is 2.00 bits per heavy atom. The summed E-state index contributed by atoms with van der Waals surface area (Å²) >= 11 is 1.71. The zero-order chi connectivity index (χ0) is 21.9. The number of thiophene rings is 1. The highest BCUT2D eigenvalue weighted by Gasteiger charge is 2.46. The van der Waals surface area contributed by atoms with Gasteiger partial charge >= 0.3 is 0 Å². The molecule has 0 aliphatic heterocycles. The highest BCUT2D eigenvalue weighted by molar-refractivity contribution is 7.17. The van der Waals surface area contributed by atoms with Crippen LogP contribution >= 0.6 is 11.3 Å². The summed E-state index contributed by atoms with van der Waals surface area (Å²) in [6.07, 6.45) is 7.71. The molecular weight excluding hydrogens is 419 g/mol. The Morgan fingerprint density at radius 1 is 1.19 bits per heavy atom. The van der Waals surface area contributed by atoms with Gasteiger partial charge < -0.3 is 5.11 Å². The quantitative estimate of drug-likeness (QED) is 0.382. The molecule has 1 saturated carbocycles. The van der Waals surface area contributed by atoms with Gasteiger partial charge in [0.25, 0.3) is 0 Å². The molecule has 32 heavy (non-hydrogen) atoms. The van der Waals surface area contributed by atoms with Crippen molar-refractivity contribution < 1.29 is 9.50 Å². The van der Waals surface area contributed by atoms with Crippen LogP contribution in [0.15, 0.2) is 65.7 Å². The summed E-state index contributed by atoms with van der Waals surface area (Å²) in [6.45, 7) is 2.32. The van der Waals surface area contributed by atoms with Gasteiger partial charge in [-0.25, -0.2) is 9.07 Å². The minimum Gasteiger partial charge on any atom is -0.388 e. The van der Waals surface area contributed by atoms with Gasteiger partial charge in [0.05, 0.1) is 23.7 Å². The second-order valence-corrected chi connectivity index (χ2v) is 10.2. The van der Waals surface area contributed by atoms with Crippen molar-refractivity contribution in [3.8, 4) is 5.69 Å². The minimum absolute atomic E-state index is 0.107. The fourth-order valence-electron chi connectivity index (χ4n) is 5.82. The molecule has 3 nitrogen and oxygen atoms in total. The molecule has 4 aromatic rings. The first-order valence-electron chi connectivity index (χ1n) is 11.2. The molecule has 2 aromatic carbocycles. The van der Waals surface area contributed by atoms with Crippen molar-refractivity contribution in [1.29, 1.82) is 0 Å². The van der Waals surface area contributed by atoms with E-state index in [1.54, 1.807) is 23.5 Å². The number of benzene rings is 2. The van der Waals surface area contributed by atoms with E-state index in [0.717, 1.165) is 42.6 Å². The number of aliphatic hydroxyl groups is 1. The minimum atomic E-state index is -0.492. The summed E-state index contributed by atoms with van der Waals surface area (Å²) in [5, 5.41) is 19.6. The van der Waals surface area contributed by atoms with Crippen LogP contribution in [0.2, 0.25) is 0 Å². The van der Waals surface area contributed by atoms with E-state index in [0.29, 0.717) is 0 Å². The predicted octanol–water partition coefficient (Wildman–Crippen LogP) is 6.71. The number of hydrogen-bond donors (Lipinski definition) is 1. The highest BCUT2D eigenvalue weighted by Crippen LogP contribution is 2.55. The maximum absolute atomic E-state index is 13.4. The molecule has 1 N–H and O–H groups in total. The molecule has 1 fully saturated rings. The largest absolute Gasteiger partial charge is 0.388 e. The van der Waals surface area contributed by atoms with E-state index in [9.17, 15) is 9.50 Å². The molecule has 3 atom stereocenters. The number of halogens is 1. The Morgan fingerprint density at radius 3 is 2.84 bits per heavy atom. The van der Waals surface area contributed by atoms with Crippen LogP contribution in [0, 0.1) is 17.2 Å². The first-order valence-corrected chi connectivity index (χ1v) is 12.1. The molecule has 2 aromatic heterocycles. The van der Waals surface area contributed by atoms with Gasteiger partial charge in [-0.05, 0) is 95.3 Å². The zero-order valence-corrected chi connectivity index (χ0v) is 18.8. The molecule has 2 aliphatic rings. The second-order valence-electron chi connectivity index (χ2n) is 9.34. The first-order chi connectivity index (χ1) is 15.5. The van der Waals surface area contributed by atoms with Crippen molar-refractivity contribution >= 4 is 27.5 Å². The maximum atomic E-state index is 13.4. The van der Waals surface area contributed by atoms with Crippen molar-refractivity contribution in [2.24, 2.45) is 11.3 Å². The lowest BCUT2D eigenvalue weighted by Crippen LogP contribution is -2.40. The van der Waals surface area contributed by atoms with E-state index in [1.165, 1.54) is 33.4 Å². The Balaban J connectivity index is 1.39. The lowest BCUT2D eigenvalue weighted by atomic mass is 9.57. The Labute approximate surface area is 190 Å². The molecule has 0 spiro atoms. The van der Waals surface area contributed by atoms with E-state index in [4.69, 9.17) is 0 Å². The lowest BCUT2D eigenvalue weighted by molar-refractivity contribution is 0.0228. The van der Waals surface area contributed by atoms with Crippen LogP contribution in [0.1, 0.15) is 49.1 Å². The number of aromatic nitrogens is 2. The maximum Gasteiger partial charge on any atom is 0.123 e. The number of rotatable bonds is 3. The van der Waals surface area contributed by atoms with E-state index in [-0.39, 0.29) is 17.2 Å².